The largest absolute Gasteiger partial charge is 0.339 e. The van der Waals surface area contributed by atoms with Crippen molar-refractivity contribution >= 4 is 29.1 Å². The molecule has 0 unspecified atom stereocenters. The summed E-state index contributed by atoms with van der Waals surface area (Å²) >= 11 is 0. The molecule has 1 aliphatic rings. The number of nitrogens with one attached hydrogen (secondary N) is 2. The Kier molecular flexibility index (Phi) is 5.95. The standard InChI is InChI=1S/C18H25N3O3/c1-12-5-4-7-21(8-6-12)18(24)15-9-16(19-13(2)22)11-17(10-15)20-14(3)23/h9-12H,4-8H2,1-3H3,(H,19,22)(H,20,23)/t12-/m1/s1. The van der Waals surface area contributed by atoms with Crippen LogP contribution in [-0.4, -0.2) is 35.7 Å². The molecule has 0 radical (unpaired) electrons. The van der Waals surface area contributed by atoms with Crippen LogP contribution in [0.5, 0.6) is 0 Å². The Morgan fingerprint density at radius 3 is 2.08 bits per heavy atom. The molecule has 1 aromatic carbocycles. The zero-order valence-corrected chi connectivity index (χ0v) is 14.5. The molecule has 2 rings (SSSR count). The Hall–Kier alpha value is -2.37. The van der Waals surface area contributed by atoms with Gasteiger partial charge in [0.2, 0.25) is 11.8 Å². The molecule has 0 bridgehead atoms. The summed E-state index contributed by atoms with van der Waals surface area (Å²) in [6.07, 6.45) is 3.12. The summed E-state index contributed by atoms with van der Waals surface area (Å²) in [4.78, 5) is 37.3. The summed E-state index contributed by atoms with van der Waals surface area (Å²) in [5.41, 5.74) is 1.47. The van der Waals surface area contributed by atoms with E-state index in [-0.39, 0.29) is 17.7 Å². The summed E-state index contributed by atoms with van der Waals surface area (Å²) in [5.74, 6) is 0.111. The molecule has 1 atom stereocenters. The second-order valence-electron chi connectivity index (χ2n) is 6.49. The molecule has 0 aliphatic carbocycles. The molecule has 1 aromatic rings. The molecule has 2 N–H and O–H groups in total. The minimum atomic E-state index is -0.225. The highest BCUT2D eigenvalue weighted by Gasteiger charge is 2.20. The van der Waals surface area contributed by atoms with Gasteiger partial charge in [0.25, 0.3) is 5.91 Å². The van der Waals surface area contributed by atoms with Gasteiger partial charge in [0.1, 0.15) is 0 Å². The number of nitrogens with zero attached hydrogens (tertiary/aromatic N) is 1. The average molecular weight is 331 g/mol. The zero-order valence-electron chi connectivity index (χ0n) is 14.5. The number of anilines is 2. The normalized spacial score (nSPS) is 17.8. The lowest BCUT2D eigenvalue weighted by Gasteiger charge is -2.21. The first-order valence-electron chi connectivity index (χ1n) is 8.34. The fourth-order valence-electron chi connectivity index (χ4n) is 2.95. The van der Waals surface area contributed by atoms with Crippen LogP contribution >= 0.6 is 0 Å². The lowest BCUT2D eigenvalue weighted by atomic mass is 10.0. The van der Waals surface area contributed by atoms with E-state index in [1.807, 2.05) is 4.90 Å². The third-order valence-corrected chi connectivity index (χ3v) is 4.12. The van der Waals surface area contributed by atoms with Crippen LogP contribution in [0.3, 0.4) is 0 Å². The predicted octanol–water partition coefficient (Wildman–Crippen LogP) is 2.87. The van der Waals surface area contributed by atoms with Gasteiger partial charge in [-0.25, -0.2) is 0 Å². The monoisotopic (exact) mass is 331 g/mol. The van der Waals surface area contributed by atoms with Crippen molar-refractivity contribution < 1.29 is 14.4 Å². The molecule has 130 valence electrons. The number of likely N-dealkylation sites (tertiary alicyclic amines) is 1. The molecule has 0 aromatic heterocycles. The van der Waals surface area contributed by atoms with Crippen LogP contribution in [0.4, 0.5) is 11.4 Å². The van der Waals surface area contributed by atoms with E-state index in [2.05, 4.69) is 17.6 Å². The molecule has 3 amide bonds. The third kappa shape index (κ3) is 5.08. The zero-order chi connectivity index (χ0) is 17.7. The van der Waals surface area contributed by atoms with E-state index in [4.69, 9.17) is 0 Å². The highest BCUT2D eigenvalue weighted by atomic mass is 16.2. The van der Waals surface area contributed by atoms with Crippen LogP contribution in [0.1, 0.15) is 50.4 Å². The van der Waals surface area contributed by atoms with Gasteiger partial charge in [0.15, 0.2) is 0 Å². The smallest absolute Gasteiger partial charge is 0.254 e. The van der Waals surface area contributed by atoms with Gasteiger partial charge in [-0.15, -0.1) is 0 Å². The van der Waals surface area contributed by atoms with Gasteiger partial charge in [-0.3, -0.25) is 14.4 Å². The Morgan fingerprint density at radius 2 is 1.54 bits per heavy atom. The lowest BCUT2D eigenvalue weighted by molar-refractivity contribution is -0.115. The summed E-state index contributed by atoms with van der Waals surface area (Å²) in [6.45, 7) is 6.49. The number of carbonyl (C=O) groups is 3. The van der Waals surface area contributed by atoms with Gasteiger partial charge in [-0.2, -0.15) is 0 Å². The van der Waals surface area contributed by atoms with Gasteiger partial charge in [0.05, 0.1) is 0 Å². The van der Waals surface area contributed by atoms with E-state index in [0.29, 0.717) is 22.9 Å². The van der Waals surface area contributed by atoms with Crippen molar-refractivity contribution in [2.24, 2.45) is 5.92 Å². The minimum Gasteiger partial charge on any atom is -0.339 e. The molecule has 1 heterocycles. The average Bonchev–Trinajstić information content (AvgIpc) is 2.69. The number of rotatable bonds is 3. The number of carbonyl (C=O) groups excluding carboxylic acids is 3. The van der Waals surface area contributed by atoms with Crippen LogP contribution < -0.4 is 10.6 Å². The van der Waals surface area contributed by atoms with Crippen molar-refractivity contribution in [2.45, 2.75) is 40.0 Å². The van der Waals surface area contributed by atoms with Gasteiger partial charge in [-0.05, 0) is 43.4 Å². The summed E-state index contributed by atoms with van der Waals surface area (Å²) in [5, 5.41) is 5.35. The highest BCUT2D eigenvalue weighted by Crippen LogP contribution is 2.23. The molecule has 1 fully saturated rings. The molecule has 0 spiro atoms. The van der Waals surface area contributed by atoms with Crippen LogP contribution in [0, 0.1) is 5.92 Å². The quantitative estimate of drug-likeness (QED) is 0.894. The first-order valence-corrected chi connectivity index (χ1v) is 8.34. The van der Waals surface area contributed by atoms with Crippen molar-refractivity contribution in [2.75, 3.05) is 23.7 Å². The molecule has 0 saturated carbocycles. The molecule has 6 nitrogen and oxygen atoms in total. The Bertz CT molecular complexity index is 608. The number of benzene rings is 1. The van der Waals surface area contributed by atoms with Gasteiger partial charge in [-0.1, -0.05) is 6.92 Å². The van der Waals surface area contributed by atoms with Crippen molar-refractivity contribution in [3.8, 4) is 0 Å². The van der Waals surface area contributed by atoms with Crippen molar-refractivity contribution in [3.63, 3.8) is 0 Å². The first kappa shape index (κ1) is 18.0. The summed E-state index contributed by atoms with van der Waals surface area (Å²) in [6, 6.07) is 4.96. The maximum absolute atomic E-state index is 12.8. The van der Waals surface area contributed by atoms with E-state index in [1.54, 1.807) is 18.2 Å². The third-order valence-electron chi connectivity index (χ3n) is 4.12. The van der Waals surface area contributed by atoms with Crippen molar-refractivity contribution in [3.05, 3.63) is 23.8 Å². The van der Waals surface area contributed by atoms with Gasteiger partial charge in [0, 0.05) is 43.9 Å². The number of hydrogen-bond acceptors (Lipinski definition) is 3. The van der Waals surface area contributed by atoms with Gasteiger partial charge >= 0.3 is 0 Å². The second kappa shape index (κ2) is 7.95. The molecular formula is C18H25N3O3. The van der Waals surface area contributed by atoms with E-state index in [9.17, 15) is 14.4 Å². The van der Waals surface area contributed by atoms with E-state index < -0.39 is 0 Å². The van der Waals surface area contributed by atoms with Crippen LogP contribution in [0.2, 0.25) is 0 Å². The van der Waals surface area contributed by atoms with E-state index in [1.165, 1.54) is 13.8 Å². The number of amides is 3. The van der Waals surface area contributed by atoms with Crippen LogP contribution in [-0.2, 0) is 9.59 Å². The minimum absolute atomic E-state index is 0.0668. The first-order chi connectivity index (χ1) is 11.3. The van der Waals surface area contributed by atoms with E-state index in [0.717, 1.165) is 32.4 Å². The lowest BCUT2D eigenvalue weighted by Crippen LogP contribution is -2.32. The van der Waals surface area contributed by atoms with E-state index >= 15 is 0 Å². The number of hydrogen-bond donors (Lipinski definition) is 2. The maximum atomic E-state index is 12.8. The molecule has 6 heteroatoms. The predicted molar refractivity (Wildman–Crippen MR) is 94.0 cm³/mol. The molecule has 1 aliphatic heterocycles. The van der Waals surface area contributed by atoms with Crippen molar-refractivity contribution in [1.82, 2.24) is 4.90 Å². The Morgan fingerprint density at radius 1 is 0.958 bits per heavy atom. The highest BCUT2D eigenvalue weighted by molar-refractivity contribution is 6.00. The molecule has 24 heavy (non-hydrogen) atoms. The Labute approximate surface area is 142 Å². The van der Waals surface area contributed by atoms with Crippen molar-refractivity contribution in [1.29, 1.82) is 0 Å². The second-order valence-corrected chi connectivity index (χ2v) is 6.49. The van der Waals surface area contributed by atoms with Gasteiger partial charge < -0.3 is 15.5 Å². The SMILES string of the molecule is CC(=O)Nc1cc(NC(C)=O)cc(C(=O)N2CCC[C@@H](C)CC2)c1. The summed E-state index contributed by atoms with van der Waals surface area (Å²) < 4.78 is 0. The molecule has 1 saturated heterocycles. The maximum Gasteiger partial charge on any atom is 0.254 e. The van der Waals surface area contributed by atoms with Crippen LogP contribution in [0.25, 0.3) is 0 Å². The van der Waals surface area contributed by atoms with Crippen LogP contribution in [0.15, 0.2) is 18.2 Å². The Balaban J connectivity index is 2.27. The fourth-order valence-corrected chi connectivity index (χ4v) is 2.95. The molecular weight excluding hydrogens is 306 g/mol. The topological polar surface area (TPSA) is 78.5 Å². The fraction of sp³-hybridized carbons (Fsp3) is 0.500. The summed E-state index contributed by atoms with van der Waals surface area (Å²) in [7, 11) is 0.